The van der Waals surface area contributed by atoms with Crippen molar-refractivity contribution in [3.05, 3.63) is 68.5 Å². The van der Waals surface area contributed by atoms with Crippen molar-refractivity contribution in [1.82, 2.24) is 20.3 Å². The van der Waals surface area contributed by atoms with Crippen molar-refractivity contribution in [1.29, 1.82) is 5.26 Å². The molecule has 158 valence electrons. The SMILES string of the molecule is Cc1nc(C#N)cnc1[C@@H](C)NC(=O)C1(c2c(C)c3c(F)c(F)ccc3[nH]c2=O)CC1. The molecule has 0 radical (unpaired) electrons. The summed E-state index contributed by atoms with van der Waals surface area (Å²) in [6, 6.07) is 3.64. The van der Waals surface area contributed by atoms with Crippen molar-refractivity contribution in [3.8, 4) is 6.07 Å². The second-order valence-corrected chi connectivity index (χ2v) is 7.85. The molecule has 0 spiro atoms. The minimum Gasteiger partial charge on any atom is -0.347 e. The third kappa shape index (κ3) is 3.24. The van der Waals surface area contributed by atoms with Crippen LogP contribution in [0, 0.1) is 36.8 Å². The van der Waals surface area contributed by atoms with E-state index in [1.54, 1.807) is 13.8 Å². The molecule has 1 aliphatic carbocycles. The van der Waals surface area contributed by atoms with Crippen molar-refractivity contribution in [2.45, 2.75) is 45.1 Å². The van der Waals surface area contributed by atoms with Gasteiger partial charge in [-0.05, 0) is 51.3 Å². The number of nitriles is 1. The molecule has 4 rings (SSSR count). The van der Waals surface area contributed by atoms with Crippen LogP contribution in [0.4, 0.5) is 8.78 Å². The number of aromatic nitrogens is 3. The molecule has 31 heavy (non-hydrogen) atoms. The van der Waals surface area contributed by atoms with Gasteiger partial charge in [0, 0.05) is 10.9 Å². The number of amides is 1. The molecule has 1 atom stereocenters. The van der Waals surface area contributed by atoms with E-state index in [1.807, 2.05) is 6.07 Å². The Kier molecular flexibility index (Phi) is 4.81. The Balaban J connectivity index is 1.72. The minimum atomic E-state index is -1.12. The summed E-state index contributed by atoms with van der Waals surface area (Å²) in [4.78, 5) is 36.9. The maximum Gasteiger partial charge on any atom is 0.252 e. The number of halogens is 2. The van der Waals surface area contributed by atoms with Gasteiger partial charge in [0.05, 0.1) is 34.6 Å². The number of carbonyl (C=O) groups is 1. The summed E-state index contributed by atoms with van der Waals surface area (Å²) in [6.45, 7) is 4.94. The zero-order valence-electron chi connectivity index (χ0n) is 17.1. The van der Waals surface area contributed by atoms with Crippen molar-refractivity contribution >= 4 is 16.8 Å². The van der Waals surface area contributed by atoms with Gasteiger partial charge >= 0.3 is 0 Å². The summed E-state index contributed by atoms with van der Waals surface area (Å²) in [7, 11) is 0. The summed E-state index contributed by atoms with van der Waals surface area (Å²) in [6.07, 6.45) is 2.15. The summed E-state index contributed by atoms with van der Waals surface area (Å²) in [5, 5.41) is 11.8. The summed E-state index contributed by atoms with van der Waals surface area (Å²) in [5.41, 5.74) is 0.152. The molecule has 0 bridgehead atoms. The Bertz CT molecular complexity index is 1340. The van der Waals surface area contributed by atoms with E-state index >= 15 is 0 Å². The van der Waals surface area contributed by atoms with Gasteiger partial charge in [0.25, 0.3) is 5.56 Å². The number of nitrogens with zero attached hydrogens (tertiary/aromatic N) is 3. The van der Waals surface area contributed by atoms with Gasteiger partial charge in [-0.1, -0.05) is 0 Å². The molecule has 1 aliphatic rings. The van der Waals surface area contributed by atoms with Gasteiger partial charge < -0.3 is 10.3 Å². The Labute approximate surface area is 176 Å². The number of pyridine rings is 1. The van der Waals surface area contributed by atoms with E-state index in [4.69, 9.17) is 5.26 Å². The van der Waals surface area contributed by atoms with Crippen LogP contribution < -0.4 is 10.9 Å². The van der Waals surface area contributed by atoms with Crippen molar-refractivity contribution in [3.63, 3.8) is 0 Å². The number of H-pyrrole nitrogens is 1. The van der Waals surface area contributed by atoms with E-state index in [0.717, 1.165) is 6.07 Å². The molecule has 1 fully saturated rings. The quantitative estimate of drug-likeness (QED) is 0.670. The first kappa shape index (κ1) is 20.6. The third-order valence-electron chi connectivity index (χ3n) is 5.84. The zero-order chi connectivity index (χ0) is 22.5. The van der Waals surface area contributed by atoms with Gasteiger partial charge in [-0.3, -0.25) is 14.6 Å². The molecule has 1 saturated carbocycles. The van der Waals surface area contributed by atoms with E-state index in [0.29, 0.717) is 24.2 Å². The molecule has 0 aliphatic heterocycles. The first-order valence-corrected chi connectivity index (χ1v) is 9.75. The molecule has 0 saturated heterocycles. The van der Waals surface area contributed by atoms with Crippen LogP contribution in [0.5, 0.6) is 0 Å². The standard InChI is InChI=1S/C22H19F2N5O2/c1-10-16-15(5-4-14(23)18(16)24)29-20(30)17(10)22(6-7-22)21(31)28-12(3)19-11(2)27-13(8-25)9-26-19/h4-5,9,12H,6-7H2,1-3H3,(H,28,31)(H,29,30)/t12-/m1/s1. The molecule has 3 aromatic rings. The predicted molar refractivity (Wildman–Crippen MR) is 108 cm³/mol. The lowest BCUT2D eigenvalue weighted by Gasteiger charge is -2.22. The van der Waals surface area contributed by atoms with Crippen molar-refractivity contribution in [2.24, 2.45) is 0 Å². The maximum atomic E-state index is 14.5. The second-order valence-electron chi connectivity index (χ2n) is 7.85. The van der Waals surface area contributed by atoms with E-state index in [2.05, 4.69) is 20.3 Å². The molecule has 7 nitrogen and oxygen atoms in total. The van der Waals surface area contributed by atoms with Gasteiger partial charge in [-0.25, -0.2) is 13.8 Å². The molecule has 9 heteroatoms. The number of benzene rings is 1. The number of hydrogen-bond donors (Lipinski definition) is 2. The zero-order valence-corrected chi connectivity index (χ0v) is 17.1. The van der Waals surface area contributed by atoms with E-state index in [-0.39, 0.29) is 27.7 Å². The van der Waals surface area contributed by atoms with Crippen LogP contribution in [0.15, 0.2) is 23.1 Å². The van der Waals surface area contributed by atoms with E-state index in [9.17, 15) is 18.4 Å². The summed E-state index contributed by atoms with van der Waals surface area (Å²) < 4.78 is 28.3. The number of aromatic amines is 1. The first-order chi connectivity index (χ1) is 14.7. The molecule has 1 amide bonds. The number of hydrogen-bond acceptors (Lipinski definition) is 5. The summed E-state index contributed by atoms with van der Waals surface area (Å²) >= 11 is 0. The Morgan fingerprint density at radius 3 is 2.65 bits per heavy atom. The van der Waals surface area contributed by atoms with E-state index < -0.39 is 34.6 Å². The number of nitrogens with one attached hydrogen (secondary N) is 2. The second kappa shape index (κ2) is 7.23. The minimum absolute atomic E-state index is 0.0319. The Morgan fingerprint density at radius 2 is 2.03 bits per heavy atom. The van der Waals surface area contributed by atoms with Crippen LogP contribution in [0.1, 0.15) is 54.0 Å². The van der Waals surface area contributed by atoms with Gasteiger partial charge in [0.15, 0.2) is 17.3 Å². The highest BCUT2D eigenvalue weighted by Crippen LogP contribution is 2.49. The molecule has 2 N–H and O–H groups in total. The number of rotatable bonds is 4. The molecular weight excluding hydrogens is 404 g/mol. The van der Waals surface area contributed by atoms with Gasteiger partial charge in [-0.15, -0.1) is 0 Å². The molecule has 2 aromatic heterocycles. The highest BCUT2D eigenvalue weighted by Gasteiger charge is 2.54. The lowest BCUT2D eigenvalue weighted by Crippen LogP contribution is -2.40. The average molecular weight is 423 g/mol. The molecule has 0 unspecified atom stereocenters. The topological polar surface area (TPSA) is 112 Å². The normalized spacial score (nSPS) is 15.4. The monoisotopic (exact) mass is 423 g/mol. The Hall–Kier alpha value is -3.67. The van der Waals surface area contributed by atoms with Crippen molar-refractivity contribution < 1.29 is 13.6 Å². The average Bonchev–Trinajstić information content (AvgIpc) is 3.52. The number of fused-ring (bicyclic) bond motifs is 1. The number of carbonyl (C=O) groups excluding carboxylic acids is 1. The maximum absolute atomic E-state index is 14.5. The highest BCUT2D eigenvalue weighted by atomic mass is 19.2. The summed E-state index contributed by atoms with van der Waals surface area (Å²) in [5.74, 6) is -2.47. The van der Waals surface area contributed by atoms with Crippen LogP contribution >= 0.6 is 0 Å². The smallest absolute Gasteiger partial charge is 0.252 e. The fourth-order valence-electron chi connectivity index (χ4n) is 4.17. The van der Waals surface area contributed by atoms with Crippen molar-refractivity contribution in [2.75, 3.05) is 0 Å². The lowest BCUT2D eigenvalue weighted by molar-refractivity contribution is -0.124. The van der Waals surface area contributed by atoms with Gasteiger partial charge in [-0.2, -0.15) is 5.26 Å². The fraction of sp³-hybridized carbons (Fsp3) is 0.318. The van der Waals surface area contributed by atoms with Crippen LogP contribution in [0.25, 0.3) is 10.9 Å². The van der Waals surface area contributed by atoms with Crippen LogP contribution in [-0.4, -0.2) is 20.9 Å². The largest absolute Gasteiger partial charge is 0.347 e. The fourth-order valence-corrected chi connectivity index (χ4v) is 4.17. The van der Waals surface area contributed by atoms with Gasteiger partial charge in [0.2, 0.25) is 5.91 Å². The van der Waals surface area contributed by atoms with Crippen LogP contribution in [0.3, 0.4) is 0 Å². The number of aryl methyl sites for hydroxylation is 2. The molecular formula is C22H19F2N5O2. The molecule has 2 heterocycles. The van der Waals surface area contributed by atoms with E-state index in [1.165, 1.54) is 19.2 Å². The van der Waals surface area contributed by atoms with Gasteiger partial charge in [0.1, 0.15) is 6.07 Å². The first-order valence-electron chi connectivity index (χ1n) is 9.75. The third-order valence-corrected chi connectivity index (χ3v) is 5.84. The van der Waals surface area contributed by atoms with Crippen LogP contribution in [0.2, 0.25) is 0 Å². The lowest BCUT2D eigenvalue weighted by atomic mass is 9.89. The highest BCUT2D eigenvalue weighted by molar-refractivity contribution is 5.94. The molecule has 1 aromatic carbocycles. The Morgan fingerprint density at radius 1 is 1.32 bits per heavy atom. The predicted octanol–water partition coefficient (Wildman–Crippen LogP) is 2.99. The van der Waals surface area contributed by atoms with Crippen LogP contribution in [-0.2, 0) is 10.2 Å².